The van der Waals surface area contributed by atoms with E-state index >= 15 is 0 Å². The van der Waals surface area contributed by atoms with E-state index < -0.39 is 11.9 Å². The zero-order valence-electron chi connectivity index (χ0n) is 14.3. The molecule has 4 rings (SSSR count). The van der Waals surface area contributed by atoms with Gasteiger partial charge in [0.2, 0.25) is 0 Å². The van der Waals surface area contributed by atoms with Gasteiger partial charge in [0.15, 0.2) is 0 Å². The smallest absolute Gasteiger partial charge is 0.354 e. The number of carboxylic acids is 2. The summed E-state index contributed by atoms with van der Waals surface area (Å²) in [6.45, 7) is 1.97. The normalized spacial score (nSPS) is 11.0. The average molecular weight is 358 g/mol. The number of aromatic nitrogens is 2. The molecule has 0 fully saturated rings. The van der Waals surface area contributed by atoms with Crippen molar-refractivity contribution in [2.24, 2.45) is 0 Å². The number of carbonyl (C=O) groups is 2. The van der Waals surface area contributed by atoms with Crippen LogP contribution in [0.5, 0.6) is 0 Å². The summed E-state index contributed by atoms with van der Waals surface area (Å²) in [5, 5.41) is 20.1. The van der Waals surface area contributed by atoms with Crippen molar-refractivity contribution in [2.75, 3.05) is 0 Å². The molecule has 27 heavy (non-hydrogen) atoms. The van der Waals surface area contributed by atoms with Gasteiger partial charge in [-0.1, -0.05) is 48.0 Å². The average Bonchev–Trinajstić information content (AvgIpc) is 2.67. The number of aryl methyl sites for hydroxylation is 1. The minimum absolute atomic E-state index is 0.116. The molecule has 4 aromatic rings. The molecule has 0 unspecified atom stereocenters. The highest BCUT2D eigenvalue weighted by molar-refractivity contribution is 6.10. The van der Waals surface area contributed by atoms with Crippen molar-refractivity contribution in [2.45, 2.75) is 6.92 Å². The third-order valence-corrected chi connectivity index (χ3v) is 4.44. The number of hydrogen-bond acceptors (Lipinski definition) is 4. The van der Waals surface area contributed by atoms with Crippen LogP contribution in [-0.2, 0) is 0 Å². The Hall–Kier alpha value is -3.80. The Labute approximate surface area is 153 Å². The maximum Gasteiger partial charge on any atom is 0.354 e. The highest BCUT2D eigenvalue weighted by Gasteiger charge is 2.16. The van der Waals surface area contributed by atoms with Gasteiger partial charge >= 0.3 is 11.9 Å². The molecule has 2 aromatic heterocycles. The van der Waals surface area contributed by atoms with E-state index in [1.54, 1.807) is 6.07 Å². The van der Waals surface area contributed by atoms with Crippen LogP contribution in [-0.4, -0.2) is 32.1 Å². The van der Waals surface area contributed by atoms with Gasteiger partial charge in [-0.05, 0) is 30.2 Å². The van der Waals surface area contributed by atoms with Crippen molar-refractivity contribution in [1.29, 1.82) is 0 Å². The summed E-state index contributed by atoms with van der Waals surface area (Å²) in [6, 6.07) is 16.0. The predicted molar refractivity (Wildman–Crippen MR) is 101 cm³/mol. The van der Waals surface area contributed by atoms with E-state index in [1.165, 1.54) is 12.1 Å². The summed E-state index contributed by atoms with van der Waals surface area (Å²) < 4.78 is 0. The van der Waals surface area contributed by atoms with Crippen molar-refractivity contribution in [3.05, 3.63) is 71.5 Å². The quantitative estimate of drug-likeness (QED) is 0.534. The van der Waals surface area contributed by atoms with E-state index in [0.29, 0.717) is 27.4 Å². The van der Waals surface area contributed by atoms with E-state index in [0.717, 1.165) is 11.1 Å². The monoisotopic (exact) mass is 358 g/mol. The minimum Gasteiger partial charge on any atom is -0.477 e. The van der Waals surface area contributed by atoms with Crippen LogP contribution >= 0.6 is 0 Å². The van der Waals surface area contributed by atoms with Gasteiger partial charge in [0.25, 0.3) is 0 Å². The summed E-state index contributed by atoms with van der Waals surface area (Å²) >= 11 is 0. The van der Waals surface area contributed by atoms with Gasteiger partial charge in [0.05, 0.1) is 11.0 Å². The van der Waals surface area contributed by atoms with Crippen LogP contribution in [0.2, 0.25) is 0 Å². The molecule has 2 aromatic carbocycles. The fourth-order valence-electron chi connectivity index (χ4n) is 3.07. The van der Waals surface area contributed by atoms with Crippen LogP contribution in [0, 0.1) is 6.92 Å². The fraction of sp³-hybridized carbons (Fsp3) is 0.0476. The summed E-state index contributed by atoms with van der Waals surface area (Å²) in [4.78, 5) is 31.4. The summed E-state index contributed by atoms with van der Waals surface area (Å²) in [5.74, 6) is -2.31. The molecule has 0 amide bonds. The van der Waals surface area contributed by atoms with Crippen LogP contribution in [0.1, 0.15) is 26.5 Å². The minimum atomic E-state index is -1.16. The van der Waals surface area contributed by atoms with Gasteiger partial charge in [-0.25, -0.2) is 19.6 Å². The molecule has 132 valence electrons. The molecule has 2 heterocycles. The van der Waals surface area contributed by atoms with E-state index in [-0.39, 0.29) is 11.4 Å². The molecular formula is C21H14N2O4. The van der Waals surface area contributed by atoms with Gasteiger partial charge in [0, 0.05) is 10.8 Å². The molecule has 0 atom stereocenters. The molecule has 0 bridgehead atoms. The van der Waals surface area contributed by atoms with Crippen LogP contribution < -0.4 is 0 Å². The third-order valence-electron chi connectivity index (χ3n) is 4.44. The van der Waals surface area contributed by atoms with Crippen molar-refractivity contribution in [3.63, 3.8) is 0 Å². The molecule has 0 radical (unpaired) electrons. The number of nitrogens with zero attached hydrogens (tertiary/aromatic N) is 2. The molecule has 0 saturated heterocycles. The lowest BCUT2D eigenvalue weighted by Gasteiger charge is -2.11. The number of aromatic carboxylic acids is 2. The molecule has 0 saturated carbocycles. The van der Waals surface area contributed by atoms with E-state index in [4.69, 9.17) is 0 Å². The standard InChI is InChI=1S/C21H14N2O4/c1-11-2-4-12(5-3-11)15-10-17(21(26)27)23-19-14(15)8-6-13-7-9-16(20(24)25)22-18(13)19/h2-10H,1H3,(H,24,25)(H,26,27). The first-order valence-corrected chi connectivity index (χ1v) is 8.22. The molecule has 0 aliphatic carbocycles. The number of benzene rings is 2. The molecule has 6 nitrogen and oxygen atoms in total. The van der Waals surface area contributed by atoms with Crippen molar-refractivity contribution in [3.8, 4) is 11.1 Å². The molecule has 0 aliphatic heterocycles. The second kappa shape index (κ2) is 6.17. The summed E-state index contributed by atoms with van der Waals surface area (Å²) in [5.41, 5.74) is 3.15. The Morgan fingerprint density at radius 2 is 1.41 bits per heavy atom. The number of hydrogen-bond donors (Lipinski definition) is 2. The summed E-state index contributed by atoms with van der Waals surface area (Å²) in [6.07, 6.45) is 0. The second-order valence-electron chi connectivity index (χ2n) is 6.26. The number of fused-ring (bicyclic) bond motifs is 3. The number of rotatable bonds is 3. The third kappa shape index (κ3) is 2.87. The van der Waals surface area contributed by atoms with Crippen LogP contribution in [0.25, 0.3) is 32.9 Å². The maximum atomic E-state index is 11.6. The van der Waals surface area contributed by atoms with Crippen LogP contribution in [0.15, 0.2) is 54.6 Å². The lowest BCUT2D eigenvalue weighted by molar-refractivity contribution is 0.0680. The zero-order chi connectivity index (χ0) is 19.1. The summed E-state index contributed by atoms with van der Waals surface area (Å²) in [7, 11) is 0. The van der Waals surface area contributed by atoms with Crippen molar-refractivity contribution < 1.29 is 19.8 Å². The first-order valence-electron chi connectivity index (χ1n) is 8.22. The highest BCUT2D eigenvalue weighted by Crippen LogP contribution is 2.32. The number of pyridine rings is 2. The predicted octanol–water partition coefficient (Wildman–Crippen LogP) is 4.15. The van der Waals surface area contributed by atoms with Gasteiger partial charge < -0.3 is 10.2 Å². The topological polar surface area (TPSA) is 100 Å². The van der Waals surface area contributed by atoms with E-state index in [1.807, 2.05) is 43.3 Å². The SMILES string of the molecule is Cc1ccc(-c2cc(C(=O)O)nc3c2ccc2ccc(C(=O)O)nc23)cc1. The highest BCUT2D eigenvalue weighted by atomic mass is 16.4. The lowest BCUT2D eigenvalue weighted by Crippen LogP contribution is -2.04. The molecule has 0 aliphatic rings. The molecular weight excluding hydrogens is 344 g/mol. The van der Waals surface area contributed by atoms with E-state index in [2.05, 4.69) is 9.97 Å². The Kier molecular flexibility index (Phi) is 3.81. The zero-order valence-corrected chi connectivity index (χ0v) is 14.3. The lowest BCUT2D eigenvalue weighted by atomic mass is 9.98. The van der Waals surface area contributed by atoms with Crippen molar-refractivity contribution in [1.82, 2.24) is 9.97 Å². The second-order valence-corrected chi connectivity index (χ2v) is 6.26. The number of carboxylic acid groups (broad SMARTS) is 2. The van der Waals surface area contributed by atoms with Gasteiger partial charge in [-0.2, -0.15) is 0 Å². The molecule has 6 heteroatoms. The first kappa shape index (κ1) is 16.7. The van der Waals surface area contributed by atoms with Crippen LogP contribution in [0.3, 0.4) is 0 Å². The Morgan fingerprint density at radius 1 is 0.778 bits per heavy atom. The fourth-order valence-corrected chi connectivity index (χ4v) is 3.07. The van der Waals surface area contributed by atoms with Gasteiger partial charge in [0.1, 0.15) is 11.4 Å². The van der Waals surface area contributed by atoms with Crippen LogP contribution in [0.4, 0.5) is 0 Å². The van der Waals surface area contributed by atoms with Gasteiger partial charge in [-0.3, -0.25) is 0 Å². The molecule has 2 N–H and O–H groups in total. The Bertz CT molecular complexity index is 1230. The van der Waals surface area contributed by atoms with Gasteiger partial charge in [-0.15, -0.1) is 0 Å². The largest absolute Gasteiger partial charge is 0.477 e. The van der Waals surface area contributed by atoms with Crippen molar-refractivity contribution >= 4 is 33.7 Å². The molecule has 0 spiro atoms. The Morgan fingerprint density at radius 3 is 2.07 bits per heavy atom. The Balaban J connectivity index is 2.12. The first-order chi connectivity index (χ1) is 12.9. The van der Waals surface area contributed by atoms with E-state index in [9.17, 15) is 19.8 Å². The maximum absolute atomic E-state index is 11.6.